The standard InChI is InChI=1S/C16H23NO2/c1-3-12-5-4-6-15(11-12)17-14-9-7-13(8-10-14)16(18)19-2/h7-10,12,15,17H,3-6,11H2,1-2H3. The molecule has 0 saturated heterocycles. The van der Waals surface area contributed by atoms with Crippen LogP contribution in [0.1, 0.15) is 49.4 Å². The summed E-state index contributed by atoms with van der Waals surface area (Å²) in [6, 6.07) is 8.12. The van der Waals surface area contributed by atoms with Gasteiger partial charge in [0.05, 0.1) is 12.7 Å². The smallest absolute Gasteiger partial charge is 0.337 e. The number of ether oxygens (including phenoxy) is 1. The maximum absolute atomic E-state index is 11.4. The minimum atomic E-state index is -0.282. The summed E-state index contributed by atoms with van der Waals surface area (Å²) in [5.41, 5.74) is 1.69. The van der Waals surface area contributed by atoms with E-state index in [0.29, 0.717) is 11.6 Å². The highest BCUT2D eigenvalue weighted by Gasteiger charge is 2.20. The van der Waals surface area contributed by atoms with Crippen LogP contribution >= 0.6 is 0 Å². The molecule has 1 fully saturated rings. The van der Waals surface area contributed by atoms with Crippen molar-refractivity contribution in [2.75, 3.05) is 12.4 Å². The van der Waals surface area contributed by atoms with Gasteiger partial charge in [-0.25, -0.2) is 4.79 Å². The fraction of sp³-hybridized carbons (Fsp3) is 0.562. The fourth-order valence-corrected chi connectivity index (χ4v) is 2.85. The second kappa shape index (κ2) is 6.60. The summed E-state index contributed by atoms with van der Waals surface area (Å²) < 4.78 is 4.70. The molecule has 0 radical (unpaired) electrons. The summed E-state index contributed by atoms with van der Waals surface area (Å²) in [6.07, 6.45) is 6.47. The molecule has 2 unspecified atom stereocenters. The van der Waals surface area contributed by atoms with Crippen LogP contribution in [0.15, 0.2) is 24.3 Å². The van der Waals surface area contributed by atoms with Gasteiger partial charge in [0.1, 0.15) is 0 Å². The number of hydrogen-bond acceptors (Lipinski definition) is 3. The molecule has 3 nitrogen and oxygen atoms in total. The van der Waals surface area contributed by atoms with Gasteiger partial charge in [-0.2, -0.15) is 0 Å². The highest BCUT2D eigenvalue weighted by molar-refractivity contribution is 5.89. The first-order valence-electron chi connectivity index (χ1n) is 7.17. The van der Waals surface area contributed by atoms with E-state index >= 15 is 0 Å². The number of carbonyl (C=O) groups is 1. The summed E-state index contributed by atoms with van der Waals surface area (Å²) >= 11 is 0. The van der Waals surface area contributed by atoms with Crippen LogP contribution in [0.25, 0.3) is 0 Å². The summed E-state index contributed by atoms with van der Waals surface area (Å²) in [5.74, 6) is 0.579. The van der Waals surface area contributed by atoms with Crippen LogP contribution in [-0.4, -0.2) is 19.1 Å². The Morgan fingerprint density at radius 1 is 1.32 bits per heavy atom. The predicted molar refractivity (Wildman–Crippen MR) is 77.4 cm³/mol. The van der Waals surface area contributed by atoms with Gasteiger partial charge >= 0.3 is 5.97 Å². The molecule has 0 heterocycles. The number of methoxy groups -OCH3 is 1. The van der Waals surface area contributed by atoms with E-state index in [2.05, 4.69) is 12.2 Å². The summed E-state index contributed by atoms with van der Waals surface area (Å²) in [5, 5.41) is 3.58. The first kappa shape index (κ1) is 13.9. The van der Waals surface area contributed by atoms with Crippen LogP contribution in [0.5, 0.6) is 0 Å². The van der Waals surface area contributed by atoms with Gasteiger partial charge in [0.25, 0.3) is 0 Å². The Morgan fingerprint density at radius 3 is 2.68 bits per heavy atom. The van der Waals surface area contributed by atoms with E-state index < -0.39 is 0 Å². The van der Waals surface area contributed by atoms with Gasteiger partial charge in [-0.3, -0.25) is 0 Å². The largest absolute Gasteiger partial charge is 0.465 e. The van der Waals surface area contributed by atoms with Gasteiger partial charge < -0.3 is 10.1 Å². The van der Waals surface area contributed by atoms with Crippen molar-refractivity contribution in [3.8, 4) is 0 Å². The first-order valence-corrected chi connectivity index (χ1v) is 7.17. The first-order chi connectivity index (χ1) is 9.22. The van der Waals surface area contributed by atoms with Crippen LogP contribution in [0, 0.1) is 5.92 Å². The van der Waals surface area contributed by atoms with Crippen LogP contribution in [0.4, 0.5) is 5.69 Å². The van der Waals surface area contributed by atoms with Crippen molar-refractivity contribution in [1.29, 1.82) is 0 Å². The number of rotatable bonds is 4. The number of anilines is 1. The Balaban J connectivity index is 1.94. The van der Waals surface area contributed by atoms with E-state index in [0.717, 1.165) is 11.6 Å². The molecule has 2 rings (SSSR count). The minimum Gasteiger partial charge on any atom is -0.465 e. The van der Waals surface area contributed by atoms with E-state index in [1.807, 2.05) is 24.3 Å². The van der Waals surface area contributed by atoms with E-state index in [1.165, 1.54) is 39.2 Å². The highest BCUT2D eigenvalue weighted by Crippen LogP contribution is 2.28. The predicted octanol–water partition coefficient (Wildman–Crippen LogP) is 3.85. The molecule has 0 aromatic heterocycles. The molecule has 1 aromatic rings. The molecule has 19 heavy (non-hydrogen) atoms. The molecule has 0 aliphatic heterocycles. The molecular weight excluding hydrogens is 238 g/mol. The Bertz CT molecular complexity index is 413. The molecule has 0 spiro atoms. The van der Waals surface area contributed by atoms with E-state index in [9.17, 15) is 4.79 Å². The lowest BCUT2D eigenvalue weighted by atomic mass is 9.84. The van der Waals surface area contributed by atoms with Crippen LogP contribution < -0.4 is 5.32 Å². The molecule has 2 atom stereocenters. The third kappa shape index (κ3) is 3.72. The third-order valence-electron chi connectivity index (χ3n) is 4.04. The molecule has 1 aliphatic carbocycles. The van der Waals surface area contributed by atoms with Gasteiger partial charge in [-0.15, -0.1) is 0 Å². The maximum Gasteiger partial charge on any atom is 0.337 e. The van der Waals surface area contributed by atoms with Crippen LogP contribution in [0.2, 0.25) is 0 Å². The minimum absolute atomic E-state index is 0.282. The summed E-state index contributed by atoms with van der Waals surface area (Å²) in [4.78, 5) is 11.4. The fourth-order valence-electron chi connectivity index (χ4n) is 2.85. The van der Waals surface area contributed by atoms with Crippen molar-refractivity contribution >= 4 is 11.7 Å². The molecule has 1 N–H and O–H groups in total. The number of hydrogen-bond donors (Lipinski definition) is 1. The number of esters is 1. The third-order valence-corrected chi connectivity index (χ3v) is 4.04. The Morgan fingerprint density at radius 2 is 2.05 bits per heavy atom. The zero-order valence-corrected chi connectivity index (χ0v) is 11.8. The normalized spacial score (nSPS) is 22.8. The molecule has 0 amide bonds. The molecule has 1 aliphatic rings. The topological polar surface area (TPSA) is 38.3 Å². The van der Waals surface area contributed by atoms with Crippen molar-refractivity contribution in [3.63, 3.8) is 0 Å². The van der Waals surface area contributed by atoms with E-state index in [-0.39, 0.29) is 5.97 Å². The van der Waals surface area contributed by atoms with Gasteiger partial charge in [0.2, 0.25) is 0 Å². The van der Waals surface area contributed by atoms with Crippen LogP contribution in [-0.2, 0) is 4.74 Å². The quantitative estimate of drug-likeness (QED) is 0.836. The van der Waals surface area contributed by atoms with Gasteiger partial charge in [0.15, 0.2) is 0 Å². The number of benzene rings is 1. The molecule has 0 bridgehead atoms. The van der Waals surface area contributed by atoms with E-state index in [1.54, 1.807) is 0 Å². The van der Waals surface area contributed by atoms with E-state index in [4.69, 9.17) is 4.74 Å². The average Bonchev–Trinajstić information content (AvgIpc) is 2.47. The van der Waals surface area contributed by atoms with Crippen molar-refractivity contribution < 1.29 is 9.53 Å². The molecule has 3 heteroatoms. The summed E-state index contributed by atoms with van der Waals surface area (Å²) in [7, 11) is 1.40. The molecular formula is C16H23NO2. The monoisotopic (exact) mass is 261 g/mol. The van der Waals surface area contributed by atoms with Gasteiger partial charge in [-0.05, 0) is 43.0 Å². The second-order valence-corrected chi connectivity index (χ2v) is 5.35. The molecule has 1 aromatic carbocycles. The number of nitrogens with one attached hydrogen (secondary N) is 1. The zero-order chi connectivity index (χ0) is 13.7. The van der Waals surface area contributed by atoms with Crippen molar-refractivity contribution in [3.05, 3.63) is 29.8 Å². The zero-order valence-electron chi connectivity index (χ0n) is 11.8. The van der Waals surface area contributed by atoms with Gasteiger partial charge in [0, 0.05) is 11.7 Å². The lowest BCUT2D eigenvalue weighted by molar-refractivity contribution is 0.0601. The Kier molecular flexibility index (Phi) is 4.83. The lowest BCUT2D eigenvalue weighted by Crippen LogP contribution is -2.27. The second-order valence-electron chi connectivity index (χ2n) is 5.35. The summed E-state index contributed by atoms with van der Waals surface area (Å²) in [6.45, 7) is 2.28. The SMILES string of the molecule is CCC1CCCC(Nc2ccc(C(=O)OC)cc2)C1. The maximum atomic E-state index is 11.4. The van der Waals surface area contributed by atoms with Gasteiger partial charge in [-0.1, -0.05) is 26.2 Å². The van der Waals surface area contributed by atoms with Crippen LogP contribution in [0.3, 0.4) is 0 Å². The van der Waals surface area contributed by atoms with Crippen molar-refractivity contribution in [2.45, 2.75) is 45.1 Å². The highest BCUT2D eigenvalue weighted by atomic mass is 16.5. The Hall–Kier alpha value is -1.51. The number of carbonyl (C=O) groups excluding carboxylic acids is 1. The molecule has 1 saturated carbocycles. The lowest BCUT2D eigenvalue weighted by Gasteiger charge is -2.29. The Labute approximate surface area is 115 Å². The molecule has 104 valence electrons. The van der Waals surface area contributed by atoms with Crippen molar-refractivity contribution in [1.82, 2.24) is 0 Å². The van der Waals surface area contributed by atoms with Crippen molar-refractivity contribution in [2.24, 2.45) is 5.92 Å². The average molecular weight is 261 g/mol.